The van der Waals surface area contributed by atoms with Gasteiger partial charge in [0.15, 0.2) is 0 Å². The molecule has 1 saturated heterocycles. The summed E-state index contributed by atoms with van der Waals surface area (Å²) in [5.41, 5.74) is 5.50. The standard InChI is InChI=1S/C11H21N5O2S/c12-3-1-4-15-5-2-6-16(8-7-15)19(17,18)11-9-13-14-10-11/h9-10H,1-8,12H2,(H,13,14). The van der Waals surface area contributed by atoms with Crippen molar-refractivity contribution >= 4 is 10.0 Å². The summed E-state index contributed by atoms with van der Waals surface area (Å²) in [7, 11) is -3.40. The van der Waals surface area contributed by atoms with Gasteiger partial charge in [-0.25, -0.2) is 8.42 Å². The largest absolute Gasteiger partial charge is 0.330 e. The van der Waals surface area contributed by atoms with E-state index in [0.29, 0.717) is 19.6 Å². The summed E-state index contributed by atoms with van der Waals surface area (Å²) in [6, 6.07) is 0. The summed E-state index contributed by atoms with van der Waals surface area (Å²) >= 11 is 0. The van der Waals surface area contributed by atoms with Crippen LogP contribution in [0.15, 0.2) is 17.3 Å². The van der Waals surface area contributed by atoms with Crippen LogP contribution in [-0.4, -0.2) is 67.1 Å². The van der Waals surface area contributed by atoms with Gasteiger partial charge < -0.3 is 10.6 Å². The van der Waals surface area contributed by atoms with E-state index in [0.717, 1.165) is 32.5 Å². The molecule has 0 atom stereocenters. The summed E-state index contributed by atoms with van der Waals surface area (Å²) in [4.78, 5) is 2.51. The van der Waals surface area contributed by atoms with Crippen molar-refractivity contribution in [1.82, 2.24) is 19.4 Å². The van der Waals surface area contributed by atoms with E-state index in [1.807, 2.05) is 0 Å². The molecule has 1 aliphatic heterocycles. The Morgan fingerprint density at radius 2 is 2.16 bits per heavy atom. The highest BCUT2D eigenvalue weighted by Gasteiger charge is 2.27. The molecule has 3 N–H and O–H groups in total. The number of nitrogens with zero attached hydrogens (tertiary/aromatic N) is 3. The van der Waals surface area contributed by atoms with Gasteiger partial charge >= 0.3 is 0 Å². The first-order chi connectivity index (χ1) is 9.14. The molecular weight excluding hydrogens is 266 g/mol. The fourth-order valence-electron chi connectivity index (χ4n) is 2.26. The first kappa shape index (κ1) is 14.4. The molecule has 0 radical (unpaired) electrons. The summed E-state index contributed by atoms with van der Waals surface area (Å²) in [5.74, 6) is 0. The fraction of sp³-hybridized carbons (Fsp3) is 0.727. The molecule has 0 saturated carbocycles. The van der Waals surface area contributed by atoms with Crippen LogP contribution in [0.1, 0.15) is 12.8 Å². The molecule has 0 aliphatic carbocycles. The van der Waals surface area contributed by atoms with Crippen LogP contribution in [-0.2, 0) is 10.0 Å². The number of hydrogen-bond acceptors (Lipinski definition) is 5. The Balaban J connectivity index is 1.99. The number of nitrogens with two attached hydrogens (primary N) is 1. The zero-order chi connectivity index (χ0) is 13.7. The van der Waals surface area contributed by atoms with E-state index in [-0.39, 0.29) is 4.90 Å². The minimum Gasteiger partial charge on any atom is -0.330 e. The van der Waals surface area contributed by atoms with Crippen LogP contribution in [0.25, 0.3) is 0 Å². The van der Waals surface area contributed by atoms with Gasteiger partial charge in [-0.1, -0.05) is 0 Å². The lowest BCUT2D eigenvalue weighted by Crippen LogP contribution is -2.35. The van der Waals surface area contributed by atoms with E-state index in [2.05, 4.69) is 15.1 Å². The van der Waals surface area contributed by atoms with Gasteiger partial charge in [-0.3, -0.25) is 5.10 Å². The molecule has 0 aromatic carbocycles. The van der Waals surface area contributed by atoms with E-state index in [1.54, 1.807) is 4.31 Å². The number of hydrogen-bond donors (Lipinski definition) is 2. The summed E-state index contributed by atoms with van der Waals surface area (Å²) in [6.45, 7) is 4.39. The predicted molar refractivity (Wildman–Crippen MR) is 72.1 cm³/mol. The number of aromatic amines is 1. The van der Waals surface area contributed by atoms with Gasteiger partial charge in [-0.15, -0.1) is 0 Å². The molecule has 0 unspecified atom stereocenters. The normalized spacial score (nSPS) is 19.4. The second-order valence-corrected chi connectivity index (χ2v) is 6.61. The molecule has 7 nitrogen and oxygen atoms in total. The number of nitrogens with one attached hydrogen (secondary N) is 1. The molecule has 1 fully saturated rings. The highest BCUT2D eigenvalue weighted by atomic mass is 32.2. The minimum absolute atomic E-state index is 0.239. The van der Waals surface area contributed by atoms with Crippen LogP contribution in [0.4, 0.5) is 0 Å². The van der Waals surface area contributed by atoms with Crippen molar-refractivity contribution in [3.05, 3.63) is 12.4 Å². The quantitative estimate of drug-likeness (QED) is 0.758. The predicted octanol–water partition coefficient (Wildman–Crippen LogP) is -0.545. The van der Waals surface area contributed by atoms with Crippen LogP contribution < -0.4 is 5.73 Å². The average molecular weight is 287 g/mol. The zero-order valence-corrected chi connectivity index (χ0v) is 11.8. The molecule has 1 aromatic heterocycles. The van der Waals surface area contributed by atoms with Gasteiger partial charge in [0, 0.05) is 25.8 Å². The average Bonchev–Trinajstić information content (AvgIpc) is 2.83. The lowest BCUT2D eigenvalue weighted by molar-refractivity contribution is 0.284. The van der Waals surface area contributed by atoms with Crippen molar-refractivity contribution in [2.45, 2.75) is 17.7 Å². The van der Waals surface area contributed by atoms with Crippen molar-refractivity contribution in [3.8, 4) is 0 Å². The second kappa shape index (κ2) is 6.47. The van der Waals surface area contributed by atoms with E-state index in [4.69, 9.17) is 5.73 Å². The Morgan fingerprint density at radius 1 is 1.32 bits per heavy atom. The molecule has 0 bridgehead atoms. The van der Waals surface area contributed by atoms with Crippen LogP contribution in [0.2, 0.25) is 0 Å². The maximum Gasteiger partial charge on any atom is 0.246 e. The third-order valence-electron chi connectivity index (χ3n) is 3.34. The van der Waals surface area contributed by atoms with Gasteiger partial charge in [-0.05, 0) is 32.5 Å². The zero-order valence-electron chi connectivity index (χ0n) is 11.0. The first-order valence-corrected chi connectivity index (χ1v) is 8.00. The lowest BCUT2D eigenvalue weighted by atomic mass is 10.3. The van der Waals surface area contributed by atoms with Crippen molar-refractivity contribution in [2.24, 2.45) is 5.73 Å². The van der Waals surface area contributed by atoms with Gasteiger partial charge in [0.25, 0.3) is 0 Å². The van der Waals surface area contributed by atoms with Crippen molar-refractivity contribution in [3.63, 3.8) is 0 Å². The Morgan fingerprint density at radius 3 is 2.84 bits per heavy atom. The molecule has 1 aromatic rings. The molecule has 8 heteroatoms. The van der Waals surface area contributed by atoms with Crippen molar-refractivity contribution < 1.29 is 8.42 Å². The minimum atomic E-state index is -3.40. The first-order valence-electron chi connectivity index (χ1n) is 6.56. The van der Waals surface area contributed by atoms with Crippen LogP contribution >= 0.6 is 0 Å². The Bertz CT molecular complexity index is 473. The summed E-state index contributed by atoms with van der Waals surface area (Å²) in [6.07, 6.45) is 4.58. The Kier molecular flexibility index (Phi) is 4.92. The highest BCUT2D eigenvalue weighted by Crippen LogP contribution is 2.16. The maximum atomic E-state index is 12.3. The number of rotatable bonds is 5. The molecule has 19 heavy (non-hydrogen) atoms. The molecule has 1 aliphatic rings. The van der Waals surface area contributed by atoms with E-state index in [1.165, 1.54) is 12.4 Å². The summed E-state index contributed by atoms with van der Waals surface area (Å²) in [5, 5.41) is 6.25. The second-order valence-electron chi connectivity index (χ2n) is 4.68. The van der Waals surface area contributed by atoms with E-state index in [9.17, 15) is 8.42 Å². The van der Waals surface area contributed by atoms with Crippen LogP contribution in [0, 0.1) is 0 Å². The van der Waals surface area contributed by atoms with Crippen molar-refractivity contribution in [1.29, 1.82) is 0 Å². The molecule has 0 spiro atoms. The molecule has 108 valence electrons. The summed E-state index contributed by atoms with van der Waals surface area (Å²) < 4.78 is 26.2. The smallest absolute Gasteiger partial charge is 0.246 e. The van der Waals surface area contributed by atoms with E-state index < -0.39 is 10.0 Å². The third kappa shape index (κ3) is 3.53. The fourth-order valence-corrected chi connectivity index (χ4v) is 3.63. The van der Waals surface area contributed by atoms with Gasteiger partial charge in [0.05, 0.1) is 6.20 Å². The number of H-pyrrole nitrogens is 1. The lowest BCUT2D eigenvalue weighted by Gasteiger charge is -2.20. The van der Waals surface area contributed by atoms with Gasteiger partial charge in [-0.2, -0.15) is 9.40 Å². The maximum absolute atomic E-state index is 12.3. The topological polar surface area (TPSA) is 95.3 Å². The SMILES string of the molecule is NCCCN1CCCN(S(=O)(=O)c2cn[nH]c2)CC1. The number of sulfonamides is 1. The third-order valence-corrected chi connectivity index (χ3v) is 5.20. The molecule has 0 amide bonds. The molecule has 2 heterocycles. The molecular formula is C11H21N5O2S. The highest BCUT2D eigenvalue weighted by molar-refractivity contribution is 7.89. The Labute approximate surface area is 113 Å². The number of aromatic nitrogens is 2. The van der Waals surface area contributed by atoms with E-state index >= 15 is 0 Å². The monoisotopic (exact) mass is 287 g/mol. The van der Waals surface area contributed by atoms with Gasteiger partial charge in [0.2, 0.25) is 10.0 Å². The Hall–Kier alpha value is -0.960. The van der Waals surface area contributed by atoms with Gasteiger partial charge in [0.1, 0.15) is 4.90 Å². The van der Waals surface area contributed by atoms with Crippen molar-refractivity contribution in [2.75, 3.05) is 39.3 Å². The van der Waals surface area contributed by atoms with Crippen LogP contribution in [0.3, 0.4) is 0 Å². The molecule has 2 rings (SSSR count). The van der Waals surface area contributed by atoms with Crippen LogP contribution in [0.5, 0.6) is 0 Å².